The molecule has 0 spiro atoms. The molecule has 1 unspecified atom stereocenters. The topological polar surface area (TPSA) is 89.4 Å². The van der Waals surface area contributed by atoms with Crippen LogP contribution in [0.3, 0.4) is 0 Å². The summed E-state index contributed by atoms with van der Waals surface area (Å²) in [5, 5.41) is 0. The average Bonchev–Trinajstić information content (AvgIpc) is 2.70. The molecule has 8 heteroatoms. The van der Waals surface area contributed by atoms with Crippen molar-refractivity contribution < 1.29 is 18.9 Å². The fraction of sp³-hybridized carbons (Fsp3) is 0.500. The highest BCUT2D eigenvalue weighted by molar-refractivity contribution is 5.85. The van der Waals surface area contributed by atoms with Gasteiger partial charge in [-0.1, -0.05) is 0 Å². The van der Waals surface area contributed by atoms with E-state index in [1.807, 2.05) is 0 Å². The van der Waals surface area contributed by atoms with E-state index in [1.54, 1.807) is 13.1 Å². The van der Waals surface area contributed by atoms with Crippen LogP contribution in [-0.4, -0.2) is 41.6 Å². The summed E-state index contributed by atoms with van der Waals surface area (Å²) in [5.41, 5.74) is 5.99. The summed E-state index contributed by atoms with van der Waals surface area (Å²) in [6.45, 7) is 2.88. The summed E-state index contributed by atoms with van der Waals surface area (Å²) in [7, 11) is 0. The third-order valence-corrected chi connectivity index (χ3v) is 2.94. The van der Waals surface area contributed by atoms with Gasteiger partial charge in [-0.25, -0.2) is 9.69 Å². The number of amides is 1. The molecular formula is C12H18ClN4O3+. The van der Waals surface area contributed by atoms with Crippen molar-refractivity contribution >= 4 is 24.4 Å². The molecule has 1 aliphatic rings. The molecule has 1 aromatic heterocycles. The highest BCUT2D eigenvalue weighted by atomic mass is 35.5. The maximum Gasteiger partial charge on any atom is 0.499 e. The minimum atomic E-state index is -0.729. The quantitative estimate of drug-likeness (QED) is 0.612. The number of ether oxygens (including phenoxy) is 1. The van der Waals surface area contributed by atoms with E-state index in [9.17, 15) is 9.59 Å². The van der Waals surface area contributed by atoms with Gasteiger partial charge in [0.05, 0.1) is 25.5 Å². The number of hydrogen-bond acceptors (Lipinski definition) is 5. The van der Waals surface area contributed by atoms with Gasteiger partial charge < -0.3 is 10.5 Å². The molecule has 2 N–H and O–H groups in total. The van der Waals surface area contributed by atoms with E-state index in [2.05, 4.69) is 4.98 Å². The SMILES string of the molecule is CCOC(=O)C1c2cncc[n+]2C(=O)N1CCCN.Cl. The molecule has 1 amide bonds. The van der Waals surface area contributed by atoms with Crippen LogP contribution < -0.4 is 10.3 Å². The monoisotopic (exact) mass is 301 g/mol. The maximum atomic E-state index is 12.2. The third kappa shape index (κ3) is 2.88. The lowest BCUT2D eigenvalue weighted by Gasteiger charge is -2.14. The summed E-state index contributed by atoms with van der Waals surface area (Å²) in [5.74, 6) is -0.438. The molecule has 0 saturated heterocycles. The zero-order valence-electron chi connectivity index (χ0n) is 11.2. The van der Waals surface area contributed by atoms with Crippen molar-refractivity contribution in [1.29, 1.82) is 0 Å². The predicted molar refractivity (Wildman–Crippen MR) is 72.2 cm³/mol. The molecule has 1 atom stereocenters. The van der Waals surface area contributed by atoms with Crippen LogP contribution in [0.1, 0.15) is 25.1 Å². The van der Waals surface area contributed by atoms with E-state index < -0.39 is 12.0 Å². The van der Waals surface area contributed by atoms with Gasteiger partial charge in [0, 0.05) is 0 Å². The zero-order chi connectivity index (χ0) is 13.8. The highest BCUT2D eigenvalue weighted by Gasteiger charge is 2.50. The largest absolute Gasteiger partial charge is 0.499 e. The molecule has 0 bridgehead atoms. The van der Waals surface area contributed by atoms with Crippen LogP contribution in [0.5, 0.6) is 0 Å². The Kier molecular flexibility index (Phi) is 5.84. The Morgan fingerprint density at radius 1 is 1.60 bits per heavy atom. The van der Waals surface area contributed by atoms with E-state index in [0.717, 1.165) is 0 Å². The lowest BCUT2D eigenvalue weighted by Crippen LogP contribution is -2.46. The first-order valence-electron chi connectivity index (χ1n) is 6.24. The number of esters is 1. The van der Waals surface area contributed by atoms with Gasteiger partial charge >= 0.3 is 12.0 Å². The van der Waals surface area contributed by atoms with Crippen molar-refractivity contribution in [2.24, 2.45) is 5.73 Å². The van der Waals surface area contributed by atoms with E-state index in [1.165, 1.54) is 21.9 Å². The fourth-order valence-electron chi connectivity index (χ4n) is 2.11. The zero-order valence-corrected chi connectivity index (χ0v) is 12.0. The molecule has 1 aromatic rings. The van der Waals surface area contributed by atoms with Crippen LogP contribution >= 0.6 is 12.4 Å². The van der Waals surface area contributed by atoms with Crippen LogP contribution in [0.2, 0.25) is 0 Å². The van der Waals surface area contributed by atoms with Gasteiger partial charge in [-0.15, -0.1) is 12.4 Å². The summed E-state index contributed by atoms with van der Waals surface area (Å²) < 4.78 is 6.46. The lowest BCUT2D eigenvalue weighted by molar-refractivity contribution is -0.573. The fourth-order valence-corrected chi connectivity index (χ4v) is 2.11. The first-order chi connectivity index (χ1) is 9.20. The molecular weight excluding hydrogens is 284 g/mol. The van der Waals surface area contributed by atoms with Gasteiger partial charge in [-0.05, 0) is 19.9 Å². The van der Waals surface area contributed by atoms with Gasteiger partial charge in [0.15, 0.2) is 5.69 Å². The normalized spacial score (nSPS) is 16.6. The van der Waals surface area contributed by atoms with Gasteiger partial charge in [-0.3, -0.25) is 4.98 Å². The summed E-state index contributed by atoms with van der Waals surface area (Å²) in [6, 6.07) is -0.975. The van der Waals surface area contributed by atoms with E-state index in [-0.39, 0.29) is 25.0 Å². The number of rotatable bonds is 5. The van der Waals surface area contributed by atoms with E-state index in [0.29, 0.717) is 25.2 Å². The minimum absolute atomic E-state index is 0. The number of fused-ring (bicyclic) bond motifs is 1. The first-order valence-corrected chi connectivity index (χ1v) is 6.24. The Morgan fingerprint density at radius 3 is 3.00 bits per heavy atom. The summed E-state index contributed by atoms with van der Waals surface area (Å²) >= 11 is 0. The summed E-state index contributed by atoms with van der Waals surface area (Å²) in [4.78, 5) is 29.7. The molecule has 0 saturated carbocycles. The minimum Gasteiger partial charge on any atom is -0.462 e. The highest BCUT2D eigenvalue weighted by Crippen LogP contribution is 2.24. The first kappa shape index (κ1) is 16.3. The standard InChI is InChI=1S/C12H17N4O3.ClH/c1-2-19-11(17)10-9-8-14-5-7-15(9)12(18)16(10)6-3-4-13;/h5,7-8,10H,2-4,6,13H2,1H3;1H/q+1;. The molecule has 7 nitrogen and oxygen atoms in total. The van der Waals surface area contributed by atoms with Crippen LogP contribution in [0, 0.1) is 0 Å². The van der Waals surface area contributed by atoms with Crippen molar-refractivity contribution in [2.75, 3.05) is 19.7 Å². The Morgan fingerprint density at radius 2 is 2.35 bits per heavy atom. The molecule has 1 aliphatic heterocycles. The number of hydrogen-bond donors (Lipinski definition) is 1. The Hall–Kier alpha value is -1.73. The second-order valence-electron chi connectivity index (χ2n) is 4.14. The van der Waals surface area contributed by atoms with Crippen molar-refractivity contribution in [3.8, 4) is 0 Å². The number of carbonyl (C=O) groups excluding carboxylic acids is 2. The number of carbonyl (C=O) groups is 2. The van der Waals surface area contributed by atoms with E-state index in [4.69, 9.17) is 10.5 Å². The lowest BCUT2D eigenvalue weighted by atomic mass is 10.2. The predicted octanol–water partition coefficient (Wildman–Crippen LogP) is 0.0276. The van der Waals surface area contributed by atoms with Crippen molar-refractivity contribution in [3.05, 3.63) is 24.3 Å². The number of aromatic nitrogens is 2. The van der Waals surface area contributed by atoms with Gasteiger partial charge in [0.2, 0.25) is 0 Å². The van der Waals surface area contributed by atoms with Crippen LogP contribution in [0.25, 0.3) is 0 Å². The molecule has 2 rings (SSSR count). The van der Waals surface area contributed by atoms with Gasteiger partial charge in [0.1, 0.15) is 6.20 Å². The summed E-state index contributed by atoms with van der Waals surface area (Å²) in [6.07, 6.45) is 5.20. The van der Waals surface area contributed by atoms with Crippen LogP contribution in [0.15, 0.2) is 18.6 Å². The van der Waals surface area contributed by atoms with Gasteiger partial charge in [-0.2, -0.15) is 9.36 Å². The molecule has 0 radical (unpaired) electrons. The average molecular weight is 302 g/mol. The maximum absolute atomic E-state index is 12.2. The van der Waals surface area contributed by atoms with Gasteiger partial charge in [0.25, 0.3) is 6.04 Å². The van der Waals surface area contributed by atoms with Crippen molar-refractivity contribution in [2.45, 2.75) is 19.4 Å². The Bertz CT molecular complexity index is 497. The van der Waals surface area contributed by atoms with E-state index >= 15 is 0 Å². The second kappa shape index (κ2) is 7.16. The molecule has 110 valence electrons. The third-order valence-electron chi connectivity index (χ3n) is 2.94. The Labute approximate surface area is 123 Å². The molecule has 0 aromatic carbocycles. The number of nitrogens with zero attached hydrogens (tertiary/aromatic N) is 3. The molecule has 0 aliphatic carbocycles. The Balaban J connectivity index is 0.00000200. The number of nitrogens with two attached hydrogens (primary N) is 1. The smallest absolute Gasteiger partial charge is 0.462 e. The molecule has 20 heavy (non-hydrogen) atoms. The second-order valence-corrected chi connectivity index (χ2v) is 4.14. The molecule has 0 fully saturated rings. The van der Waals surface area contributed by atoms with Crippen molar-refractivity contribution in [3.63, 3.8) is 0 Å². The van der Waals surface area contributed by atoms with Crippen LogP contribution in [0.4, 0.5) is 4.79 Å². The number of halogens is 1. The van der Waals surface area contributed by atoms with Crippen LogP contribution in [-0.2, 0) is 9.53 Å². The van der Waals surface area contributed by atoms with Crippen molar-refractivity contribution in [1.82, 2.24) is 9.88 Å². The molecule has 2 heterocycles.